The Morgan fingerprint density at radius 1 is 0.768 bits per heavy atom. The van der Waals surface area contributed by atoms with Gasteiger partial charge in [0.1, 0.15) is 16.3 Å². The van der Waals surface area contributed by atoms with Crippen LogP contribution in [0.1, 0.15) is 47.0 Å². The van der Waals surface area contributed by atoms with E-state index in [0.717, 1.165) is 35.8 Å². The van der Waals surface area contributed by atoms with Gasteiger partial charge in [0.2, 0.25) is 27.2 Å². The second kappa shape index (κ2) is 19.5. The van der Waals surface area contributed by atoms with Crippen molar-refractivity contribution < 1.29 is 27.7 Å². The number of thioether (sulfide) groups is 1. The number of hydrogen-bond donors (Lipinski definition) is 4. The van der Waals surface area contributed by atoms with Crippen LogP contribution in [0.4, 0.5) is 56.3 Å². The van der Waals surface area contributed by atoms with Crippen molar-refractivity contribution in [2.24, 2.45) is 20.5 Å². The lowest BCUT2D eigenvalue weighted by molar-refractivity contribution is 0.111. The number of nitrogens with zero attached hydrogens (tertiary/aromatic N) is 11. The number of nitrogens with one attached hydrogen (secondary N) is 2. The van der Waals surface area contributed by atoms with E-state index in [1.54, 1.807) is 12.1 Å². The Kier molecular flexibility index (Phi) is 14.6. The molecular formula is C33H37N13O6S4. The van der Waals surface area contributed by atoms with Crippen molar-refractivity contribution in [3.63, 3.8) is 0 Å². The number of aliphatic hydroxyl groups excluding tert-OH is 1. The third-order valence-corrected chi connectivity index (χ3v) is 11.2. The Labute approximate surface area is 334 Å². The maximum atomic E-state index is 11.7. The molecule has 56 heavy (non-hydrogen) atoms. The number of carbonyl (C=O) groups is 2. The van der Waals surface area contributed by atoms with Gasteiger partial charge in [-0.25, -0.2) is 9.97 Å². The first-order valence-corrected chi connectivity index (χ1v) is 21.1. The van der Waals surface area contributed by atoms with E-state index in [1.165, 1.54) is 18.0 Å². The monoisotopic (exact) mass is 839 g/mol. The van der Waals surface area contributed by atoms with Gasteiger partial charge in [0.15, 0.2) is 17.7 Å². The fourth-order valence-electron chi connectivity index (χ4n) is 5.08. The van der Waals surface area contributed by atoms with E-state index in [4.69, 9.17) is 0 Å². The van der Waals surface area contributed by atoms with Gasteiger partial charge in [0, 0.05) is 43.3 Å². The minimum Gasteiger partial charge on any atom is -0.396 e. The summed E-state index contributed by atoms with van der Waals surface area (Å²) in [5.41, 5.74) is 3.39. The largest absolute Gasteiger partial charge is 0.396 e. The van der Waals surface area contributed by atoms with Crippen LogP contribution < -0.4 is 20.4 Å². The normalized spacial score (nSPS) is 11.7. The Balaban J connectivity index is 1.56. The van der Waals surface area contributed by atoms with Crippen LogP contribution in [0.15, 0.2) is 73.2 Å². The lowest BCUT2D eigenvalue weighted by Crippen LogP contribution is -2.21. The zero-order valence-electron chi connectivity index (χ0n) is 30.5. The zero-order valence-corrected chi connectivity index (χ0v) is 33.8. The molecule has 5 rings (SSSR count). The molecule has 19 nitrogen and oxygen atoms in total. The van der Waals surface area contributed by atoms with Crippen molar-refractivity contribution in [2.45, 2.75) is 37.9 Å². The first-order chi connectivity index (χ1) is 27.0. The minimum atomic E-state index is -4.77. The topological polar surface area (TPSA) is 253 Å². The summed E-state index contributed by atoms with van der Waals surface area (Å²) in [5, 5.41) is 32.7. The summed E-state index contributed by atoms with van der Waals surface area (Å²) in [6.45, 7) is 10.9. The highest BCUT2D eigenvalue weighted by Crippen LogP contribution is 2.37. The van der Waals surface area contributed by atoms with E-state index in [9.17, 15) is 27.7 Å². The average Bonchev–Trinajstić information content (AvgIpc) is 3.85. The van der Waals surface area contributed by atoms with E-state index < -0.39 is 15.1 Å². The standard InChI is InChI=1S/C33H37N13O6S4/c1-5-45(6-2)20-9-11-23(41-43-31-34-17-22(18-48)54-31)25(15-20)35-29-38-30(40-32(39-29)53-14-13-47)36-26-16-21(46(7-3)8-4)10-12-24(26)42-44-33-37-28(56(50,51)52)27(19-49)55-33/h9-12,15-19,47H,5-8,13-14H2,1-4H3,(H,50,51,52)(H2,35,36,38,39,40)/b43-41+,44-42+. The van der Waals surface area contributed by atoms with Crippen molar-refractivity contribution >= 4 is 113 Å². The fraction of sp³-hybridized carbons (Fsp3) is 0.303. The first kappa shape index (κ1) is 41.8. The number of anilines is 6. The number of hydrogen-bond acceptors (Lipinski definition) is 21. The molecule has 0 bridgehead atoms. The number of aldehydes is 2. The molecule has 0 saturated heterocycles. The predicted octanol–water partition coefficient (Wildman–Crippen LogP) is 7.75. The molecule has 5 aromatic rings. The minimum absolute atomic E-state index is 0.106. The van der Waals surface area contributed by atoms with Crippen LogP contribution >= 0.6 is 34.4 Å². The summed E-state index contributed by atoms with van der Waals surface area (Å²) in [7, 11) is -4.77. The van der Waals surface area contributed by atoms with Crippen LogP contribution in [0.3, 0.4) is 0 Å². The lowest BCUT2D eigenvalue weighted by atomic mass is 10.2. The molecule has 0 aliphatic heterocycles. The molecule has 2 aromatic carbocycles. The van der Waals surface area contributed by atoms with Crippen LogP contribution in [0.25, 0.3) is 0 Å². The van der Waals surface area contributed by atoms with E-state index >= 15 is 0 Å². The van der Waals surface area contributed by atoms with E-state index in [2.05, 4.69) is 65.8 Å². The van der Waals surface area contributed by atoms with Crippen LogP contribution in [-0.2, 0) is 10.1 Å². The quantitative estimate of drug-likeness (QED) is 0.0253. The van der Waals surface area contributed by atoms with Gasteiger partial charge in [-0.2, -0.15) is 23.4 Å². The summed E-state index contributed by atoms with van der Waals surface area (Å²) >= 11 is 2.95. The maximum absolute atomic E-state index is 11.7. The van der Waals surface area contributed by atoms with Gasteiger partial charge >= 0.3 is 10.1 Å². The Bertz CT molecular complexity index is 2330. The molecule has 0 atom stereocenters. The highest BCUT2D eigenvalue weighted by molar-refractivity contribution is 7.99. The number of aliphatic hydroxyl groups is 1. The highest BCUT2D eigenvalue weighted by Gasteiger charge is 2.22. The Hall–Kier alpha value is -5.33. The number of aromatic nitrogens is 5. The molecule has 0 radical (unpaired) electrons. The van der Waals surface area contributed by atoms with Gasteiger partial charge in [-0.05, 0) is 64.1 Å². The number of benzene rings is 2. The Morgan fingerprint density at radius 3 is 1.77 bits per heavy atom. The van der Waals surface area contributed by atoms with Crippen molar-refractivity contribution in [1.29, 1.82) is 0 Å². The summed E-state index contributed by atoms with van der Waals surface area (Å²) in [6, 6.07) is 11.0. The molecule has 0 unspecified atom stereocenters. The Morgan fingerprint density at radius 2 is 1.32 bits per heavy atom. The van der Waals surface area contributed by atoms with Crippen molar-refractivity contribution in [3.05, 3.63) is 52.3 Å². The van der Waals surface area contributed by atoms with Gasteiger partial charge in [0.25, 0.3) is 0 Å². The summed E-state index contributed by atoms with van der Waals surface area (Å²) in [4.78, 5) is 48.7. The summed E-state index contributed by atoms with van der Waals surface area (Å²) < 4.78 is 33.0. The zero-order chi connectivity index (χ0) is 40.2. The van der Waals surface area contributed by atoms with Crippen LogP contribution in [0.2, 0.25) is 0 Å². The second-order valence-electron chi connectivity index (χ2n) is 11.2. The molecule has 3 aromatic heterocycles. The molecule has 0 aliphatic rings. The first-order valence-electron chi connectivity index (χ1n) is 17.0. The van der Waals surface area contributed by atoms with Crippen molar-refractivity contribution in [1.82, 2.24) is 24.9 Å². The van der Waals surface area contributed by atoms with Gasteiger partial charge in [-0.15, -0.1) is 20.5 Å². The highest BCUT2D eigenvalue weighted by atomic mass is 32.2. The average molecular weight is 840 g/mol. The molecule has 4 N–H and O–H groups in total. The number of carbonyl (C=O) groups excluding carboxylic acids is 2. The van der Waals surface area contributed by atoms with Crippen molar-refractivity contribution in [3.8, 4) is 0 Å². The molecule has 294 valence electrons. The fourth-order valence-corrected chi connectivity index (χ4v) is 7.81. The van der Waals surface area contributed by atoms with Gasteiger partial charge < -0.3 is 25.5 Å². The molecule has 0 fully saturated rings. The van der Waals surface area contributed by atoms with Gasteiger partial charge in [-0.3, -0.25) is 14.1 Å². The molecule has 0 aliphatic carbocycles. The second-order valence-corrected chi connectivity index (χ2v) is 15.6. The predicted molar refractivity (Wildman–Crippen MR) is 217 cm³/mol. The van der Waals surface area contributed by atoms with Crippen molar-refractivity contribution in [2.75, 3.05) is 59.0 Å². The van der Waals surface area contributed by atoms with Gasteiger partial charge in [-0.1, -0.05) is 34.4 Å². The van der Waals surface area contributed by atoms with E-state index in [0.29, 0.717) is 63.5 Å². The number of thiazole rings is 2. The number of rotatable bonds is 20. The molecule has 3 heterocycles. The summed E-state index contributed by atoms with van der Waals surface area (Å²) in [5.74, 6) is 0.545. The molecule has 23 heteroatoms. The van der Waals surface area contributed by atoms with E-state index in [-0.39, 0.29) is 45.6 Å². The van der Waals surface area contributed by atoms with Crippen LogP contribution in [-0.4, -0.2) is 94.1 Å². The SMILES string of the molecule is CCN(CC)c1ccc(/N=N/c2ncc(C=O)s2)c(Nc2nc(Nc3cc(N(CC)CC)ccc3/N=N/c3nc(S(=O)(=O)O)c(C=O)s3)nc(SCCO)n2)c1. The molecule has 0 amide bonds. The van der Waals surface area contributed by atoms with E-state index in [1.807, 2.05) is 52.0 Å². The summed E-state index contributed by atoms with van der Waals surface area (Å²) in [6.07, 6.45) is 2.38. The third kappa shape index (κ3) is 10.7. The molecular weight excluding hydrogens is 803 g/mol. The van der Waals surface area contributed by atoms with Crippen LogP contribution in [0, 0.1) is 0 Å². The van der Waals surface area contributed by atoms with Crippen LogP contribution in [0.5, 0.6) is 0 Å². The smallest absolute Gasteiger partial charge is 0.313 e. The lowest BCUT2D eigenvalue weighted by Gasteiger charge is -2.22. The molecule has 0 spiro atoms. The van der Waals surface area contributed by atoms with Gasteiger partial charge in [0.05, 0.1) is 29.1 Å². The number of azo groups is 2. The third-order valence-electron chi connectivity index (χ3n) is 7.72. The maximum Gasteiger partial charge on any atom is 0.313 e. The molecule has 0 saturated carbocycles.